The summed E-state index contributed by atoms with van der Waals surface area (Å²) >= 11 is 3.83. The molecular weight excluding hydrogens is 473 g/mol. The van der Waals surface area contributed by atoms with Crippen LogP contribution in [0.4, 0.5) is 0 Å². The van der Waals surface area contributed by atoms with Crippen molar-refractivity contribution >= 4 is 75.2 Å². The molecule has 0 unspecified atom stereocenters. The summed E-state index contributed by atoms with van der Waals surface area (Å²) in [6.07, 6.45) is 15.2. The van der Waals surface area contributed by atoms with E-state index in [0.717, 1.165) is 0 Å². The molecule has 0 saturated heterocycles. The maximum atomic E-state index is 2.48. The van der Waals surface area contributed by atoms with Crippen LogP contribution < -0.4 is 0 Å². The van der Waals surface area contributed by atoms with Crippen molar-refractivity contribution in [3.05, 3.63) is 70.9 Å². The zero-order valence-electron chi connectivity index (χ0n) is 21.4. The van der Waals surface area contributed by atoms with Crippen LogP contribution in [0.5, 0.6) is 0 Å². The number of aryl methyl sites for hydroxylation is 1. The maximum absolute atomic E-state index is 2.48. The van der Waals surface area contributed by atoms with Gasteiger partial charge < -0.3 is 0 Å². The first-order chi connectivity index (χ1) is 17.8. The van der Waals surface area contributed by atoms with Crippen molar-refractivity contribution in [1.29, 1.82) is 0 Å². The molecule has 0 fully saturated rings. The van der Waals surface area contributed by atoms with Gasteiger partial charge in [-0.15, -0.1) is 22.7 Å². The van der Waals surface area contributed by atoms with Crippen LogP contribution in [0.1, 0.15) is 76.0 Å². The number of benzene rings is 4. The van der Waals surface area contributed by atoms with Crippen molar-refractivity contribution in [2.45, 2.75) is 77.6 Å². The number of fused-ring (bicyclic) bond motifs is 9. The van der Waals surface area contributed by atoms with E-state index >= 15 is 0 Å². The van der Waals surface area contributed by atoms with Gasteiger partial charge in [0.25, 0.3) is 0 Å². The van der Waals surface area contributed by atoms with Gasteiger partial charge >= 0.3 is 0 Å². The van der Waals surface area contributed by atoms with Crippen LogP contribution in [0.3, 0.4) is 0 Å². The molecule has 6 aromatic rings. The summed E-state index contributed by atoms with van der Waals surface area (Å²) in [5.74, 6) is 0. The Labute approximate surface area is 222 Å². The van der Waals surface area contributed by atoms with Gasteiger partial charge in [-0.1, -0.05) is 101 Å². The van der Waals surface area contributed by atoms with Gasteiger partial charge in [-0.3, -0.25) is 0 Å². The summed E-state index contributed by atoms with van der Waals surface area (Å²) in [7, 11) is 0. The first-order valence-corrected chi connectivity index (χ1v) is 15.7. The zero-order chi connectivity index (χ0) is 24.3. The molecule has 0 aliphatic carbocycles. The van der Waals surface area contributed by atoms with Crippen molar-refractivity contribution in [2.75, 3.05) is 0 Å². The third-order valence-electron chi connectivity index (χ3n) is 7.95. The average Bonchev–Trinajstić information content (AvgIpc) is 3.56. The first kappa shape index (κ1) is 23.9. The summed E-state index contributed by atoms with van der Waals surface area (Å²) < 4.78 is 2.81. The molecule has 6 rings (SSSR count). The van der Waals surface area contributed by atoms with E-state index in [1.165, 1.54) is 123 Å². The molecule has 0 amide bonds. The van der Waals surface area contributed by atoms with Gasteiger partial charge in [-0.05, 0) is 74.8 Å². The molecule has 0 atom stereocenters. The van der Waals surface area contributed by atoms with Crippen molar-refractivity contribution in [3.8, 4) is 0 Å². The lowest BCUT2D eigenvalue weighted by Crippen LogP contribution is -1.84. The second-order valence-electron chi connectivity index (χ2n) is 10.4. The van der Waals surface area contributed by atoms with Gasteiger partial charge in [-0.2, -0.15) is 0 Å². The molecule has 2 aromatic heterocycles. The predicted molar refractivity (Wildman–Crippen MR) is 165 cm³/mol. The van der Waals surface area contributed by atoms with Crippen molar-refractivity contribution in [3.63, 3.8) is 0 Å². The Balaban J connectivity index is 1.18. The SMILES string of the molecule is CCCCCCCCCCCCc1cc2c(ccc3c2ccc2c4ccc5sccc5c4ccc32)s1. The first-order valence-electron chi connectivity index (χ1n) is 14.0. The number of thiophene rings is 2. The Morgan fingerprint density at radius 3 is 1.61 bits per heavy atom. The highest BCUT2D eigenvalue weighted by Gasteiger charge is 2.11. The van der Waals surface area contributed by atoms with Crippen LogP contribution in [0, 0.1) is 0 Å². The van der Waals surface area contributed by atoms with E-state index in [2.05, 4.69) is 73.0 Å². The largest absolute Gasteiger partial charge is 0.144 e. The molecular formula is C34H36S2. The molecule has 0 N–H and O–H groups in total. The maximum Gasteiger partial charge on any atom is 0.0352 e. The van der Waals surface area contributed by atoms with Crippen LogP contribution in [-0.2, 0) is 6.42 Å². The van der Waals surface area contributed by atoms with E-state index in [4.69, 9.17) is 0 Å². The molecule has 0 aliphatic rings. The van der Waals surface area contributed by atoms with E-state index in [1.807, 2.05) is 22.7 Å². The Morgan fingerprint density at radius 1 is 0.472 bits per heavy atom. The quantitative estimate of drug-likeness (QED) is 0.121. The molecule has 0 radical (unpaired) electrons. The lowest BCUT2D eigenvalue weighted by molar-refractivity contribution is 0.557. The molecule has 2 heteroatoms. The van der Waals surface area contributed by atoms with Crippen LogP contribution in [0.15, 0.2) is 66.0 Å². The van der Waals surface area contributed by atoms with Crippen molar-refractivity contribution < 1.29 is 0 Å². The molecule has 0 nitrogen and oxygen atoms in total. The van der Waals surface area contributed by atoms with Crippen LogP contribution in [0.25, 0.3) is 52.5 Å². The highest BCUT2D eigenvalue weighted by molar-refractivity contribution is 7.19. The third-order valence-corrected chi connectivity index (χ3v) is 9.99. The summed E-state index contributed by atoms with van der Waals surface area (Å²) in [6.45, 7) is 2.30. The Bertz CT molecular complexity index is 1630. The fraction of sp³-hybridized carbons (Fsp3) is 0.353. The van der Waals surface area contributed by atoms with Gasteiger partial charge in [0.1, 0.15) is 0 Å². The summed E-state index contributed by atoms with van der Waals surface area (Å²) in [5.41, 5.74) is 0. The Hall–Kier alpha value is -2.42. The normalized spacial score (nSPS) is 12.1. The van der Waals surface area contributed by atoms with Gasteiger partial charge in [0.05, 0.1) is 0 Å². The van der Waals surface area contributed by atoms with E-state index in [0.29, 0.717) is 0 Å². The molecule has 0 saturated carbocycles. The van der Waals surface area contributed by atoms with E-state index < -0.39 is 0 Å². The Morgan fingerprint density at radius 2 is 0.972 bits per heavy atom. The predicted octanol–water partition coefficient (Wildman–Crippen LogP) is 12.0. The van der Waals surface area contributed by atoms with Gasteiger partial charge in [0.15, 0.2) is 0 Å². The van der Waals surface area contributed by atoms with E-state index in [1.54, 1.807) is 4.88 Å². The van der Waals surface area contributed by atoms with Gasteiger partial charge in [0, 0.05) is 25.0 Å². The fourth-order valence-corrected chi connectivity index (χ4v) is 7.90. The monoisotopic (exact) mass is 508 g/mol. The highest BCUT2D eigenvalue weighted by atomic mass is 32.1. The molecule has 4 aromatic carbocycles. The van der Waals surface area contributed by atoms with Crippen LogP contribution in [0.2, 0.25) is 0 Å². The van der Waals surface area contributed by atoms with Crippen molar-refractivity contribution in [1.82, 2.24) is 0 Å². The molecule has 0 bridgehead atoms. The molecule has 0 spiro atoms. The molecule has 184 valence electrons. The van der Waals surface area contributed by atoms with Gasteiger partial charge in [0.2, 0.25) is 0 Å². The van der Waals surface area contributed by atoms with Gasteiger partial charge in [-0.25, -0.2) is 0 Å². The fourth-order valence-electron chi connectivity index (χ4n) is 5.97. The molecule has 2 heterocycles. The number of rotatable bonds is 11. The summed E-state index contributed by atoms with van der Waals surface area (Å²) in [5, 5.41) is 13.3. The van der Waals surface area contributed by atoms with E-state index in [9.17, 15) is 0 Å². The standard InChI is InChI=1S/C34H36S2/c1-2-3-4-5-6-7-8-9-10-11-12-24-23-32-30-16-14-25-26(28(30)18-20-34(32)36-24)13-15-29-27(25)17-19-33-31(29)21-22-35-33/h13-23H,2-12H2,1H3. The second-order valence-corrected chi connectivity index (χ2v) is 12.6. The van der Waals surface area contributed by atoms with E-state index in [-0.39, 0.29) is 0 Å². The smallest absolute Gasteiger partial charge is 0.0352 e. The minimum atomic E-state index is 1.23. The zero-order valence-corrected chi connectivity index (χ0v) is 23.1. The molecule has 36 heavy (non-hydrogen) atoms. The minimum absolute atomic E-state index is 1.23. The number of hydrogen-bond donors (Lipinski definition) is 0. The Kier molecular flexibility index (Phi) is 7.26. The minimum Gasteiger partial charge on any atom is -0.144 e. The lowest BCUT2D eigenvalue weighted by Gasteiger charge is -2.09. The molecule has 0 aliphatic heterocycles. The lowest BCUT2D eigenvalue weighted by atomic mass is 9.95. The third kappa shape index (κ3) is 4.66. The average molecular weight is 509 g/mol. The second kappa shape index (κ2) is 10.9. The highest BCUT2D eigenvalue weighted by Crippen LogP contribution is 2.39. The summed E-state index contributed by atoms with van der Waals surface area (Å²) in [6, 6.07) is 23.5. The topological polar surface area (TPSA) is 0 Å². The summed E-state index contributed by atoms with van der Waals surface area (Å²) in [4.78, 5) is 1.55. The van der Waals surface area contributed by atoms with Crippen molar-refractivity contribution in [2.24, 2.45) is 0 Å². The van der Waals surface area contributed by atoms with Crippen LogP contribution in [-0.4, -0.2) is 0 Å². The van der Waals surface area contributed by atoms with Crippen LogP contribution >= 0.6 is 22.7 Å². The number of hydrogen-bond acceptors (Lipinski definition) is 2. The number of unbranched alkanes of at least 4 members (excludes halogenated alkanes) is 9.